The molecule has 0 N–H and O–H groups in total. The van der Waals surface area contributed by atoms with Gasteiger partial charge >= 0.3 is 0 Å². The molecule has 0 spiro atoms. The van der Waals surface area contributed by atoms with E-state index in [1.54, 1.807) is 0 Å². The largest absolute Gasteiger partial charge is 0.374 e. The molecule has 1 rings (SSSR count). The molecule has 0 aliphatic carbocycles. The van der Waals surface area contributed by atoms with Crippen molar-refractivity contribution in [3.05, 3.63) is 0 Å². The number of carbonyl (C=O) groups excluding carboxylic acids is 1. The van der Waals surface area contributed by atoms with Crippen LogP contribution in [-0.2, 0) is 9.53 Å². The van der Waals surface area contributed by atoms with Crippen molar-refractivity contribution >= 4 is 5.78 Å². The summed E-state index contributed by atoms with van der Waals surface area (Å²) in [7, 11) is 0. The van der Waals surface area contributed by atoms with Gasteiger partial charge in [0, 0.05) is 12.8 Å². The van der Waals surface area contributed by atoms with Gasteiger partial charge in [0.15, 0.2) is 0 Å². The van der Waals surface area contributed by atoms with Gasteiger partial charge < -0.3 is 4.74 Å². The van der Waals surface area contributed by atoms with Crippen LogP contribution >= 0.6 is 0 Å². The minimum atomic E-state index is -0.107. The first-order valence-corrected chi connectivity index (χ1v) is 4.88. The Labute approximate surface area is 74.3 Å². The van der Waals surface area contributed by atoms with Gasteiger partial charge in [-0.1, -0.05) is 20.3 Å². The zero-order valence-electron chi connectivity index (χ0n) is 8.06. The Hall–Kier alpha value is -0.370. The third-order valence-electron chi connectivity index (χ3n) is 2.66. The highest BCUT2D eigenvalue weighted by atomic mass is 16.5. The predicted octanol–water partition coefficient (Wildman–Crippen LogP) is 2.31. The van der Waals surface area contributed by atoms with E-state index in [-0.39, 0.29) is 5.60 Å². The van der Waals surface area contributed by atoms with Crippen LogP contribution in [0.3, 0.4) is 0 Å². The molecule has 1 saturated heterocycles. The molecule has 0 aromatic heterocycles. The van der Waals surface area contributed by atoms with Crippen molar-refractivity contribution in [3.8, 4) is 0 Å². The number of hydrogen-bond donors (Lipinski definition) is 0. The first kappa shape index (κ1) is 9.72. The summed E-state index contributed by atoms with van der Waals surface area (Å²) < 4.78 is 5.70. The van der Waals surface area contributed by atoms with Crippen LogP contribution in [-0.4, -0.2) is 18.0 Å². The molecule has 1 fully saturated rings. The van der Waals surface area contributed by atoms with Crippen molar-refractivity contribution in [2.24, 2.45) is 0 Å². The Morgan fingerprint density at radius 2 is 2.25 bits per heavy atom. The van der Waals surface area contributed by atoms with Crippen molar-refractivity contribution in [2.75, 3.05) is 6.61 Å². The van der Waals surface area contributed by atoms with Gasteiger partial charge in [-0.3, -0.25) is 4.79 Å². The van der Waals surface area contributed by atoms with E-state index in [4.69, 9.17) is 4.74 Å². The SMILES string of the molecule is CCCC1(CC)CC(=O)CCO1. The van der Waals surface area contributed by atoms with E-state index in [0.717, 1.165) is 19.3 Å². The molecule has 0 aromatic carbocycles. The number of carbonyl (C=O) groups is 1. The van der Waals surface area contributed by atoms with E-state index in [0.29, 0.717) is 25.2 Å². The standard InChI is InChI=1S/C10H18O2/c1-3-6-10(4-2)8-9(11)5-7-12-10/h3-8H2,1-2H3. The second-order valence-corrected chi connectivity index (χ2v) is 3.60. The van der Waals surface area contributed by atoms with E-state index in [1.807, 2.05) is 0 Å². The highest BCUT2D eigenvalue weighted by Gasteiger charge is 2.34. The fraction of sp³-hybridized carbons (Fsp3) is 0.900. The van der Waals surface area contributed by atoms with Crippen molar-refractivity contribution < 1.29 is 9.53 Å². The molecule has 1 aliphatic heterocycles. The zero-order chi connectivity index (χ0) is 9.03. The maximum atomic E-state index is 11.2. The topological polar surface area (TPSA) is 26.3 Å². The summed E-state index contributed by atoms with van der Waals surface area (Å²) in [4.78, 5) is 11.2. The van der Waals surface area contributed by atoms with E-state index >= 15 is 0 Å². The molecule has 2 heteroatoms. The van der Waals surface area contributed by atoms with Crippen LogP contribution in [0.4, 0.5) is 0 Å². The third-order valence-corrected chi connectivity index (χ3v) is 2.66. The fourth-order valence-corrected chi connectivity index (χ4v) is 1.90. The molecule has 12 heavy (non-hydrogen) atoms. The lowest BCUT2D eigenvalue weighted by Crippen LogP contribution is -2.39. The summed E-state index contributed by atoms with van der Waals surface area (Å²) in [5, 5.41) is 0. The maximum absolute atomic E-state index is 11.2. The lowest BCUT2D eigenvalue weighted by Gasteiger charge is -2.35. The summed E-state index contributed by atoms with van der Waals surface area (Å²) in [5.41, 5.74) is -0.107. The Kier molecular flexibility index (Phi) is 3.27. The third kappa shape index (κ3) is 2.07. The smallest absolute Gasteiger partial charge is 0.138 e. The number of ketones is 1. The summed E-state index contributed by atoms with van der Waals surface area (Å²) in [6.45, 7) is 4.88. The van der Waals surface area contributed by atoms with Gasteiger partial charge in [-0.05, 0) is 12.8 Å². The molecule has 0 saturated carbocycles. The molecule has 1 unspecified atom stereocenters. The molecular formula is C10H18O2. The average molecular weight is 170 g/mol. The van der Waals surface area contributed by atoms with Crippen molar-refractivity contribution in [1.29, 1.82) is 0 Å². The zero-order valence-corrected chi connectivity index (χ0v) is 8.06. The lowest BCUT2D eigenvalue weighted by molar-refractivity contribution is -0.141. The Bertz CT molecular complexity index is 161. The summed E-state index contributed by atoms with van der Waals surface area (Å²) in [6, 6.07) is 0. The number of rotatable bonds is 3. The van der Waals surface area contributed by atoms with E-state index in [2.05, 4.69) is 13.8 Å². The average Bonchev–Trinajstić information content (AvgIpc) is 2.05. The molecular weight excluding hydrogens is 152 g/mol. The molecule has 0 radical (unpaired) electrons. The first-order valence-electron chi connectivity index (χ1n) is 4.88. The van der Waals surface area contributed by atoms with E-state index in [1.165, 1.54) is 0 Å². The monoisotopic (exact) mass is 170 g/mol. The van der Waals surface area contributed by atoms with Gasteiger partial charge in [0.05, 0.1) is 12.2 Å². The van der Waals surface area contributed by atoms with Gasteiger partial charge in [-0.25, -0.2) is 0 Å². The highest BCUT2D eigenvalue weighted by Crippen LogP contribution is 2.30. The molecule has 0 bridgehead atoms. The van der Waals surface area contributed by atoms with Gasteiger partial charge in [-0.15, -0.1) is 0 Å². The summed E-state index contributed by atoms with van der Waals surface area (Å²) >= 11 is 0. The Morgan fingerprint density at radius 1 is 1.50 bits per heavy atom. The molecule has 70 valence electrons. The van der Waals surface area contributed by atoms with Crippen LogP contribution < -0.4 is 0 Å². The second-order valence-electron chi connectivity index (χ2n) is 3.60. The Morgan fingerprint density at radius 3 is 2.75 bits per heavy atom. The molecule has 1 heterocycles. The lowest BCUT2D eigenvalue weighted by atomic mass is 9.86. The van der Waals surface area contributed by atoms with Gasteiger partial charge in [-0.2, -0.15) is 0 Å². The van der Waals surface area contributed by atoms with E-state index < -0.39 is 0 Å². The fourth-order valence-electron chi connectivity index (χ4n) is 1.90. The number of ether oxygens (including phenoxy) is 1. The first-order chi connectivity index (χ1) is 5.72. The maximum Gasteiger partial charge on any atom is 0.138 e. The highest BCUT2D eigenvalue weighted by molar-refractivity contribution is 5.80. The van der Waals surface area contributed by atoms with Crippen molar-refractivity contribution in [1.82, 2.24) is 0 Å². The van der Waals surface area contributed by atoms with Crippen LogP contribution in [0.5, 0.6) is 0 Å². The normalized spacial score (nSPS) is 30.7. The van der Waals surface area contributed by atoms with Crippen LogP contribution in [0.1, 0.15) is 46.0 Å². The van der Waals surface area contributed by atoms with Crippen LogP contribution in [0, 0.1) is 0 Å². The van der Waals surface area contributed by atoms with Crippen LogP contribution in [0.25, 0.3) is 0 Å². The summed E-state index contributed by atoms with van der Waals surface area (Å²) in [5.74, 6) is 0.372. The minimum Gasteiger partial charge on any atom is -0.374 e. The molecule has 1 atom stereocenters. The quantitative estimate of drug-likeness (QED) is 0.649. The Balaban J connectivity index is 2.57. The minimum absolute atomic E-state index is 0.107. The van der Waals surface area contributed by atoms with Gasteiger partial charge in [0.25, 0.3) is 0 Å². The number of Topliss-reactive ketones (excluding diaryl/α,β-unsaturated/α-hetero) is 1. The van der Waals surface area contributed by atoms with Crippen LogP contribution in [0.15, 0.2) is 0 Å². The second kappa shape index (κ2) is 4.04. The van der Waals surface area contributed by atoms with Crippen LogP contribution in [0.2, 0.25) is 0 Å². The van der Waals surface area contributed by atoms with Gasteiger partial charge in [0.2, 0.25) is 0 Å². The molecule has 1 aliphatic rings. The summed E-state index contributed by atoms with van der Waals surface area (Å²) in [6.07, 6.45) is 4.34. The molecule has 0 aromatic rings. The van der Waals surface area contributed by atoms with E-state index in [9.17, 15) is 4.79 Å². The van der Waals surface area contributed by atoms with Crippen molar-refractivity contribution in [3.63, 3.8) is 0 Å². The van der Waals surface area contributed by atoms with Crippen molar-refractivity contribution in [2.45, 2.75) is 51.6 Å². The van der Waals surface area contributed by atoms with Gasteiger partial charge in [0.1, 0.15) is 5.78 Å². The predicted molar refractivity (Wildman–Crippen MR) is 48.1 cm³/mol. The molecule has 2 nitrogen and oxygen atoms in total. The molecule has 0 amide bonds. The number of hydrogen-bond acceptors (Lipinski definition) is 2.